The lowest BCUT2D eigenvalue weighted by Crippen LogP contribution is -2.46. The van der Waals surface area contributed by atoms with E-state index in [1.807, 2.05) is 24.3 Å². The van der Waals surface area contributed by atoms with Gasteiger partial charge >= 0.3 is 6.03 Å². The molecule has 1 saturated heterocycles. The molecule has 0 bridgehead atoms. The monoisotopic (exact) mass is 394 g/mol. The Labute approximate surface area is 166 Å². The highest BCUT2D eigenvalue weighted by Crippen LogP contribution is 2.23. The summed E-state index contributed by atoms with van der Waals surface area (Å²) in [5.41, 5.74) is 2.46. The van der Waals surface area contributed by atoms with Gasteiger partial charge in [-0.15, -0.1) is 0 Å². The zero-order chi connectivity index (χ0) is 20.8. The molecule has 2 aromatic carbocycles. The summed E-state index contributed by atoms with van der Waals surface area (Å²) >= 11 is 0. The Kier molecular flexibility index (Phi) is 6.06. The average Bonchev–Trinajstić information content (AvgIpc) is 3.07. The van der Waals surface area contributed by atoms with Crippen molar-refractivity contribution >= 4 is 18.3 Å². The van der Waals surface area contributed by atoms with Crippen LogP contribution in [0.4, 0.5) is 4.79 Å². The van der Waals surface area contributed by atoms with Crippen molar-refractivity contribution in [3.05, 3.63) is 54.1 Å². The number of rotatable bonds is 8. The Hall–Kier alpha value is -3.90. The van der Waals surface area contributed by atoms with Gasteiger partial charge in [-0.25, -0.2) is 9.86 Å². The number of hydrogen-bond donors (Lipinski definition) is 2. The van der Waals surface area contributed by atoms with Gasteiger partial charge in [0.2, 0.25) is 12.3 Å². The second-order valence-corrected chi connectivity index (χ2v) is 6.40. The molecule has 2 aromatic rings. The van der Waals surface area contributed by atoms with Gasteiger partial charge in [0.05, 0.1) is 11.6 Å². The van der Waals surface area contributed by atoms with Gasteiger partial charge in [-0.1, -0.05) is 24.3 Å². The number of amides is 4. The number of imide groups is 1. The van der Waals surface area contributed by atoms with E-state index in [9.17, 15) is 19.6 Å². The number of carbonyl (C=O) groups is 3. The highest BCUT2D eigenvalue weighted by molar-refractivity contribution is 6.01. The van der Waals surface area contributed by atoms with E-state index in [4.69, 9.17) is 10.00 Å². The van der Waals surface area contributed by atoms with E-state index in [0.29, 0.717) is 16.4 Å². The molecule has 1 aliphatic heterocycles. The van der Waals surface area contributed by atoms with Crippen molar-refractivity contribution in [1.29, 1.82) is 5.26 Å². The van der Waals surface area contributed by atoms with Gasteiger partial charge in [0.25, 0.3) is 0 Å². The van der Waals surface area contributed by atoms with Gasteiger partial charge in [0.15, 0.2) is 0 Å². The molecule has 1 heterocycles. The fourth-order valence-corrected chi connectivity index (χ4v) is 2.86. The van der Waals surface area contributed by atoms with E-state index in [2.05, 4.69) is 11.4 Å². The molecule has 1 atom stereocenters. The first-order chi connectivity index (χ1) is 14.0. The van der Waals surface area contributed by atoms with Crippen LogP contribution < -0.4 is 10.1 Å². The maximum atomic E-state index is 11.7. The lowest BCUT2D eigenvalue weighted by atomic mass is 10.0. The number of nitrogens with one attached hydrogen (secondary N) is 1. The molecule has 0 radical (unpaired) electrons. The number of carbonyl (C=O) groups excluding carboxylic acids is 3. The minimum absolute atomic E-state index is 0.0594. The van der Waals surface area contributed by atoms with E-state index in [-0.39, 0.29) is 26.1 Å². The van der Waals surface area contributed by atoms with Crippen LogP contribution in [0, 0.1) is 11.3 Å². The van der Waals surface area contributed by atoms with Crippen LogP contribution in [0.1, 0.15) is 5.56 Å². The average molecular weight is 394 g/mol. The predicted octanol–water partition coefficient (Wildman–Crippen LogP) is 1.37. The van der Waals surface area contributed by atoms with Crippen LogP contribution >= 0.6 is 0 Å². The third-order valence-corrected chi connectivity index (χ3v) is 4.43. The van der Waals surface area contributed by atoms with E-state index in [0.717, 1.165) is 11.1 Å². The SMILES string of the molecule is N#Cc1ccc(-c2ccc(OCC(CN3CC(=O)NC3=O)N(O)C=O)cc2)cc1. The first-order valence-corrected chi connectivity index (χ1v) is 8.75. The molecule has 9 heteroatoms. The van der Waals surface area contributed by atoms with E-state index in [1.54, 1.807) is 24.3 Å². The number of urea groups is 1. The van der Waals surface area contributed by atoms with Gasteiger partial charge in [0, 0.05) is 6.54 Å². The summed E-state index contributed by atoms with van der Waals surface area (Å²) in [6.45, 7) is -0.277. The highest BCUT2D eigenvalue weighted by Gasteiger charge is 2.30. The summed E-state index contributed by atoms with van der Waals surface area (Å²) in [6.07, 6.45) is 0.220. The molecule has 1 aliphatic rings. The van der Waals surface area contributed by atoms with Crippen molar-refractivity contribution < 1.29 is 24.3 Å². The molecular formula is C20H18N4O5. The molecule has 0 aromatic heterocycles. The van der Waals surface area contributed by atoms with E-state index < -0.39 is 18.0 Å². The smallest absolute Gasteiger partial charge is 0.324 e. The van der Waals surface area contributed by atoms with Crippen LogP contribution in [0.3, 0.4) is 0 Å². The summed E-state index contributed by atoms with van der Waals surface area (Å²) in [7, 11) is 0. The number of benzene rings is 2. The lowest BCUT2D eigenvalue weighted by molar-refractivity contribution is -0.164. The molecule has 1 fully saturated rings. The number of hydroxylamine groups is 2. The number of nitrogens with zero attached hydrogens (tertiary/aromatic N) is 3. The highest BCUT2D eigenvalue weighted by atomic mass is 16.5. The van der Waals surface area contributed by atoms with Crippen LogP contribution in [-0.4, -0.2) is 59.3 Å². The van der Waals surface area contributed by atoms with Crippen LogP contribution in [0.15, 0.2) is 48.5 Å². The molecule has 0 spiro atoms. The fourth-order valence-electron chi connectivity index (χ4n) is 2.86. The maximum absolute atomic E-state index is 11.7. The topological polar surface area (TPSA) is 123 Å². The molecular weight excluding hydrogens is 376 g/mol. The Balaban J connectivity index is 1.63. The van der Waals surface area contributed by atoms with E-state index in [1.165, 1.54) is 4.90 Å². The standard InChI is InChI=1S/C20H18N4O5/c21-9-14-1-3-15(4-2-14)16-5-7-18(8-6-16)29-12-17(24(28)13-25)10-23-11-19(26)22-20(23)27/h1-8,13,17,28H,10-12H2,(H,22,26,27). The minimum atomic E-state index is -0.845. The summed E-state index contributed by atoms with van der Waals surface area (Å²) in [6, 6.07) is 15.0. The normalized spacial score (nSPS) is 14.1. The van der Waals surface area contributed by atoms with Gasteiger partial charge < -0.3 is 9.64 Å². The molecule has 29 heavy (non-hydrogen) atoms. The molecule has 0 aliphatic carbocycles. The van der Waals surface area contributed by atoms with E-state index >= 15 is 0 Å². The first kappa shape index (κ1) is 19.9. The lowest BCUT2D eigenvalue weighted by Gasteiger charge is -2.26. The van der Waals surface area contributed by atoms with Gasteiger partial charge in [0.1, 0.15) is 24.9 Å². The number of nitriles is 1. The molecule has 2 N–H and O–H groups in total. The maximum Gasteiger partial charge on any atom is 0.324 e. The second-order valence-electron chi connectivity index (χ2n) is 6.40. The van der Waals surface area contributed by atoms with Crippen molar-refractivity contribution in [2.75, 3.05) is 19.7 Å². The van der Waals surface area contributed by atoms with Crippen LogP contribution in [-0.2, 0) is 9.59 Å². The molecule has 4 amide bonds. The molecule has 3 rings (SSSR count). The second kappa shape index (κ2) is 8.86. The predicted molar refractivity (Wildman–Crippen MR) is 101 cm³/mol. The molecule has 148 valence electrons. The van der Waals surface area contributed by atoms with Gasteiger partial charge in [-0.2, -0.15) is 5.26 Å². The number of ether oxygens (including phenoxy) is 1. The van der Waals surface area contributed by atoms with Crippen LogP contribution in [0.2, 0.25) is 0 Å². The zero-order valence-corrected chi connectivity index (χ0v) is 15.3. The third kappa shape index (κ3) is 4.88. The minimum Gasteiger partial charge on any atom is -0.491 e. The molecule has 1 unspecified atom stereocenters. The van der Waals surface area contributed by atoms with Crippen molar-refractivity contribution in [3.63, 3.8) is 0 Å². The number of hydrogen-bond acceptors (Lipinski definition) is 6. The van der Waals surface area contributed by atoms with Crippen molar-refractivity contribution in [1.82, 2.24) is 15.3 Å². The Morgan fingerprint density at radius 1 is 1.17 bits per heavy atom. The van der Waals surface area contributed by atoms with Crippen LogP contribution in [0.5, 0.6) is 5.75 Å². The van der Waals surface area contributed by atoms with Crippen LogP contribution in [0.25, 0.3) is 11.1 Å². The first-order valence-electron chi connectivity index (χ1n) is 8.75. The van der Waals surface area contributed by atoms with Gasteiger partial charge in [-0.3, -0.25) is 20.1 Å². The van der Waals surface area contributed by atoms with Crippen molar-refractivity contribution in [2.24, 2.45) is 0 Å². The summed E-state index contributed by atoms with van der Waals surface area (Å²) in [5.74, 6) is 0.0669. The zero-order valence-electron chi connectivity index (χ0n) is 15.3. The van der Waals surface area contributed by atoms with Crippen molar-refractivity contribution in [3.8, 4) is 22.9 Å². The summed E-state index contributed by atoms with van der Waals surface area (Å²) in [5, 5.41) is 21.2. The summed E-state index contributed by atoms with van der Waals surface area (Å²) in [4.78, 5) is 35.1. The fraction of sp³-hybridized carbons (Fsp3) is 0.200. The quantitative estimate of drug-likeness (QED) is 0.302. The van der Waals surface area contributed by atoms with Gasteiger partial charge in [-0.05, 0) is 35.4 Å². The Morgan fingerprint density at radius 3 is 2.31 bits per heavy atom. The molecule has 0 saturated carbocycles. The molecule has 9 nitrogen and oxygen atoms in total. The van der Waals surface area contributed by atoms with Crippen molar-refractivity contribution in [2.45, 2.75) is 6.04 Å². The Bertz CT molecular complexity index is 937. The largest absolute Gasteiger partial charge is 0.491 e. The Morgan fingerprint density at radius 2 is 1.79 bits per heavy atom. The third-order valence-electron chi connectivity index (χ3n) is 4.43. The summed E-state index contributed by atoms with van der Waals surface area (Å²) < 4.78 is 5.64.